The number of benzene rings is 2. The van der Waals surface area contributed by atoms with Crippen LogP contribution in [-0.2, 0) is 21.8 Å². The van der Waals surface area contributed by atoms with Gasteiger partial charge in [-0.2, -0.15) is 0 Å². The van der Waals surface area contributed by atoms with Crippen molar-refractivity contribution >= 4 is 20.9 Å². The van der Waals surface area contributed by atoms with Crippen LogP contribution < -0.4 is 9.88 Å². The number of hydrogen-bond donors (Lipinski definition) is 1. The Hall–Kier alpha value is -2.35. The van der Waals surface area contributed by atoms with Gasteiger partial charge < -0.3 is 14.0 Å². The van der Waals surface area contributed by atoms with Crippen molar-refractivity contribution in [3.8, 4) is 17.0 Å². The Morgan fingerprint density at radius 3 is 2.40 bits per heavy atom. The monoisotopic (exact) mass is 360 g/mol. The van der Waals surface area contributed by atoms with Crippen LogP contribution in [0.1, 0.15) is 0 Å². The fourth-order valence-corrected chi connectivity index (χ4v) is 3.26. The molecule has 0 saturated heterocycles. The van der Waals surface area contributed by atoms with Crippen molar-refractivity contribution in [2.24, 2.45) is 12.2 Å². The van der Waals surface area contributed by atoms with Crippen molar-refractivity contribution < 1.29 is 17.9 Å². The molecule has 1 heterocycles. The van der Waals surface area contributed by atoms with Gasteiger partial charge in [0.15, 0.2) is 0 Å². The average molecular weight is 360 g/mol. The second kappa shape index (κ2) is 6.87. The first-order valence-corrected chi connectivity index (χ1v) is 9.29. The van der Waals surface area contributed by atoms with Gasteiger partial charge in [0.2, 0.25) is 10.0 Å². The Kier molecular flexibility index (Phi) is 4.80. The van der Waals surface area contributed by atoms with Crippen LogP contribution in [0.5, 0.6) is 5.75 Å². The second-order valence-corrected chi connectivity index (χ2v) is 7.28. The molecule has 132 valence electrons. The summed E-state index contributed by atoms with van der Waals surface area (Å²) in [4.78, 5) is 0.106. The molecular weight excluding hydrogens is 340 g/mol. The summed E-state index contributed by atoms with van der Waals surface area (Å²) in [7, 11) is -0.194. The molecule has 3 aromatic rings. The maximum Gasteiger partial charge on any atom is 0.238 e. The molecule has 1 aromatic heterocycles. The van der Waals surface area contributed by atoms with E-state index in [4.69, 9.17) is 14.6 Å². The standard InChI is InChI=1S/C18H20N2O4S/c1-20-17(13-3-6-15(7-4-13)24-10-9-23-2)11-14-5-8-16(12-18(14)20)25(19,21)22/h3-8,11-12H,9-10H2,1-2H3,(H2,19,21,22). The number of methoxy groups -OCH3 is 1. The highest BCUT2D eigenvalue weighted by Gasteiger charge is 2.13. The number of fused-ring (bicyclic) bond motifs is 1. The van der Waals surface area contributed by atoms with E-state index in [-0.39, 0.29) is 4.90 Å². The highest BCUT2D eigenvalue weighted by molar-refractivity contribution is 7.89. The van der Waals surface area contributed by atoms with Gasteiger partial charge in [-0.3, -0.25) is 0 Å². The Bertz CT molecular complexity index is 992. The molecule has 2 N–H and O–H groups in total. The van der Waals surface area contributed by atoms with Crippen LogP contribution in [0.4, 0.5) is 0 Å². The Morgan fingerprint density at radius 2 is 1.76 bits per heavy atom. The molecule has 25 heavy (non-hydrogen) atoms. The minimum absolute atomic E-state index is 0.106. The number of nitrogens with two attached hydrogens (primary N) is 1. The van der Waals surface area contributed by atoms with Gasteiger partial charge in [0, 0.05) is 30.8 Å². The van der Waals surface area contributed by atoms with Crippen molar-refractivity contribution in [2.45, 2.75) is 4.90 Å². The highest BCUT2D eigenvalue weighted by atomic mass is 32.2. The quantitative estimate of drug-likeness (QED) is 0.685. The van der Waals surface area contributed by atoms with E-state index in [0.717, 1.165) is 27.9 Å². The van der Waals surface area contributed by atoms with Gasteiger partial charge in [-0.15, -0.1) is 0 Å². The van der Waals surface area contributed by atoms with E-state index < -0.39 is 10.0 Å². The maximum atomic E-state index is 11.6. The van der Waals surface area contributed by atoms with Crippen LogP contribution >= 0.6 is 0 Å². The summed E-state index contributed by atoms with van der Waals surface area (Å²) in [5, 5.41) is 6.17. The molecule has 0 aliphatic rings. The summed E-state index contributed by atoms with van der Waals surface area (Å²) < 4.78 is 35.6. The predicted octanol–water partition coefficient (Wildman–Crippen LogP) is 2.52. The van der Waals surface area contributed by atoms with Crippen molar-refractivity contribution in [3.63, 3.8) is 0 Å². The average Bonchev–Trinajstić information content (AvgIpc) is 2.91. The first kappa shape index (κ1) is 17.5. The first-order valence-electron chi connectivity index (χ1n) is 7.74. The zero-order valence-corrected chi connectivity index (χ0v) is 14.9. The van der Waals surface area contributed by atoms with Crippen molar-refractivity contribution in [3.05, 3.63) is 48.5 Å². The van der Waals surface area contributed by atoms with Crippen LogP contribution in [0.2, 0.25) is 0 Å². The fraction of sp³-hybridized carbons (Fsp3) is 0.222. The molecule has 0 amide bonds. The van der Waals surface area contributed by atoms with Crippen LogP contribution in [0, 0.1) is 0 Å². The van der Waals surface area contributed by atoms with Gasteiger partial charge >= 0.3 is 0 Å². The van der Waals surface area contributed by atoms with Gasteiger partial charge in [-0.1, -0.05) is 6.07 Å². The van der Waals surface area contributed by atoms with Gasteiger partial charge in [0.1, 0.15) is 12.4 Å². The summed E-state index contributed by atoms with van der Waals surface area (Å²) in [6.45, 7) is 1.04. The third-order valence-corrected chi connectivity index (χ3v) is 4.96. The summed E-state index contributed by atoms with van der Waals surface area (Å²) in [5.74, 6) is 0.774. The van der Waals surface area contributed by atoms with Gasteiger partial charge in [0.25, 0.3) is 0 Å². The molecule has 0 unspecified atom stereocenters. The number of hydrogen-bond acceptors (Lipinski definition) is 4. The normalized spacial score (nSPS) is 11.8. The molecule has 0 saturated carbocycles. The van der Waals surface area contributed by atoms with Gasteiger partial charge in [0.05, 0.1) is 11.5 Å². The number of ether oxygens (including phenoxy) is 2. The fourth-order valence-electron chi connectivity index (χ4n) is 2.73. The molecular formula is C18H20N2O4S. The van der Waals surface area contributed by atoms with E-state index in [2.05, 4.69) is 0 Å². The lowest BCUT2D eigenvalue weighted by molar-refractivity contribution is 0.146. The molecule has 3 rings (SSSR count). The highest BCUT2D eigenvalue weighted by Crippen LogP contribution is 2.29. The predicted molar refractivity (Wildman–Crippen MR) is 97.1 cm³/mol. The third-order valence-electron chi connectivity index (χ3n) is 4.05. The largest absolute Gasteiger partial charge is 0.491 e. The van der Waals surface area contributed by atoms with E-state index in [1.807, 2.05) is 41.9 Å². The molecule has 7 heteroatoms. The number of aromatic nitrogens is 1. The number of aryl methyl sites for hydroxylation is 1. The van der Waals surface area contributed by atoms with E-state index >= 15 is 0 Å². The Balaban J connectivity index is 1.94. The van der Waals surface area contributed by atoms with E-state index in [0.29, 0.717) is 13.2 Å². The number of sulfonamides is 1. The lowest BCUT2D eigenvalue weighted by Crippen LogP contribution is -2.11. The number of primary sulfonamides is 1. The summed E-state index contributed by atoms with van der Waals surface area (Å²) in [6.07, 6.45) is 0. The van der Waals surface area contributed by atoms with Crippen LogP contribution in [-0.4, -0.2) is 33.3 Å². The van der Waals surface area contributed by atoms with E-state index in [9.17, 15) is 8.42 Å². The second-order valence-electron chi connectivity index (χ2n) is 5.72. The van der Waals surface area contributed by atoms with Gasteiger partial charge in [-0.05, 0) is 48.0 Å². The summed E-state index contributed by atoms with van der Waals surface area (Å²) in [5.41, 5.74) is 2.79. The Labute approximate surface area is 146 Å². The minimum Gasteiger partial charge on any atom is -0.491 e. The van der Waals surface area contributed by atoms with Crippen molar-refractivity contribution in [1.82, 2.24) is 4.57 Å². The molecule has 0 aliphatic heterocycles. The minimum atomic E-state index is -3.72. The summed E-state index contributed by atoms with van der Waals surface area (Å²) >= 11 is 0. The molecule has 2 aromatic carbocycles. The molecule has 0 aliphatic carbocycles. The lowest BCUT2D eigenvalue weighted by atomic mass is 10.1. The molecule has 0 bridgehead atoms. The number of rotatable bonds is 6. The summed E-state index contributed by atoms with van der Waals surface area (Å²) in [6, 6.07) is 14.6. The first-order chi connectivity index (χ1) is 11.9. The maximum absolute atomic E-state index is 11.6. The topological polar surface area (TPSA) is 83.6 Å². The van der Waals surface area contributed by atoms with Crippen LogP contribution in [0.15, 0.2) is 53.4 Å². The molecule has 0 spiro atoms. The van der Waals surface area contributed by atoms with E-state index in [1.54, 1.807) is 19.2 Å². The van der Waals surface area contributed by atoms with E-state index in [1.165, 1.54) is 6.07 Å². The van der Waals surface area contributed by atoms with Crippen molar-refractivity contribution in [1.29, 1.82) is 0 Å². The molecule has 6 nitrogen and oxygen atoms in total. The van der Waals surface area contributed by atoms with Gasteiger partial charge in [-0.25, -0.2) is 13.6 Å². The third kappa shape index (κ3) is 3.68. The van der Waals surface area contributed by atoms with Crippen molar-refractivity contribution in [2.75, 3.05) is 20.3 Å². The molecule has 0 radical (unpaired) electrons. The Morgan fingerprint density at radius 1 is 1.04 bits per heavy atom. The SMILES string of the molecule is COCCOc1ccc(-c2cc3ccc(S(N)(=O)=O)cc3n2C)cc1. The lowest BCUT2D eigenvalue weighted by Gasteiger charge is -2.08. The smallest absolute Gasteiger partial charge is 0.238 e. The number of nitrogens with zero attached hydrogens (tertiary/aromatic N) is 1. The molecule has 0 atom stereocenters. The van der Waals surface area contributed by atoms with Crippen LogP contribution in [0.3, 0.4) is 0 Å². The zero-order chi connectivity index (χ0) is 18.0. The van der Waals surface area contributed by atoms with Crippen LogP contribution in [0.25, 0.3) is 22.2 Å². The molecule has 0 fully saturated rings. The zero-order valence-electron chi connectivity index (χ0n) is 14.1.